The fraction of sp³-hybridized carbons (Fsp3) is 0.529. The zero-order valence-electron chi connectivity index (χ0n) is 13.0. The monoisotopic (exact) mass is 285 g/mol. The van der Waals surface area contributed by atoms with Gasteiger partial charge >= 0.3 is 0 Å². The second-order valence-corrected chi connectivity index (χ2v) is 6.26. The molecule has 0 spiro atoms. The van der Waals surface area contributed by atoms with Crippen LogP contribution >= 0.6 is 0 Å². The van der Waals surface area contributed by atoms with Crippen LogP contribution in [-0.2, 0) is 13.6 Å². The standard InChI is InChI=1S/C17H23N3O/c1-12(13-7-6-8-13)19(2)11-16-18-15-10-5-4-9-14(15)17(21)20(16)3/h4-5,9-10,12-13H,6-8,11H2,1-3H3/t12-/m1/s1. The number of hydrogen-bond acceptors (Lipinski definition) is 3. The number of para-hydroxylation sites is 1. The summed E-state index contributed by atoms with van der Waals surface area (Å²) in [6.45, 7) is 3.00. The van der Waals surface area contributed by atoms with E-state index >= 15 is 0 Å². The van der Waals surface area contributed by atoms with Crippen LogP contribution in [0.4, 0.5) is 0 Å². The van der Waals surface area contributed by atoms with Gasteiger partial charge in [0.05, 0.1) is 17.4 Å². The zero-order chi connectivity index (χ0) is 15.0. The molecule has 1 fully saturated rings. The van der Waals surface area contributed by atoms with E-state index in [1.807, 2.05) is 31.3 Å². The molecule has 0 unspecified atom stereocenters. The van der Waals surface area contributed by atoms with E-state index in [0.29, 0.717) is 18.0 Å². The highest BCUT2D eigenvalue weighted by Gasteiger charge is 2.27. The first-order chi connectivity index (χ1) is 10.1. The molecule has 4 heteroatoms. The molecule has 0 bridgehead atoms. The molecule has 0 saturated heterocycles. The van der Waals surface area contributed by atoms with E-state index in [2.05, 4.69) is 23.9 Å². The maximum Gasteiger partial charge on any atom is 0.261 e. The summed E-state index contributed by atoms with van der Waals surface area (Å²) >= 11 is 0. The molecule has 1 heterocycles. The lowest BCUT2D eigenvalue weighted by molar-refractivity contribution is 0.123. The van der Waals surface area contributed by atoms with Crippen molar-refractivity contribution in [1.82, 2.24) is 14.5 Å². The van der Waals surface area contributed by atoms with Crippen LogP contribution in [0.25, 0.3) is 10.9 Å². The summed E-state index contributed by atoms with van der Waals surface area (Å²) in [5.41, 5.74) is 0.834. The number of hydrogen-bond donors (Lipinski definition) is 0. The summed E-state index contributed by atoms with van der Waals surface area (Å²) in [4.78, 5) is 19.4. The number of nitrogens with zero attached hydrogens (tertiary/aromatic N) is 3. The van der Waals surface area contributed by atoms with Crippen molar-refractivity contribution in [3.8, 4) is 0 Å². The Balaban J connectivity index is 1.89. The third kappa shape index (κ3) is 2.60. The van der Waals surface area contributed by atoms with Crippen molar-refractivity contribution in [1.29, 1.82) is 0 Å². The van der Waals surface area contributed by atoms with Crippen LogP contribution in [-0.4, -0.2) is 27.5 Å². The van der Waals surface area contributed by atoms with Crippen molar-refractivity contribution >= 4 is 10.9 Å². The molecule has 4 nitrogen and oxygen atoms in total. The van der Waals surface area contributed by atoms with Crippen LogP contribution in [0.2, 0.25) is 0 Å². The SMILES string of the molecule is C[C@H](C1CCC1)N(C)Cc1nc2ccccc2c(=O)n1C. The first kappa shape index (κ1) is 14.3. The highest BCUT2D eigenvalue weighted by Crippen LogP contribution is 2.31. The Morgan fingerprint density at radius 3 is 2.76 bits per heavy atom. The molecular weight excluding hydrogens is 262 g/mol. The van der Waals surface area contributed by atoms with Gasteiger partial charge < -0.3 is 0 Å². The van der Waals surface area contributed by atoms with E-state index in [9.17, 15) is 4.79 Å². The molecule has 1 saturated carbocycles. The van der Waals surface area contributed by atoms with Gasteiger partial charge in [-0.1, -0.05) is 18.6 Å². The zero-order valence-corrected chi connectivity index (χ0v) is 13.0. The Labute approximate surface area is 125 Å². The van der Waals surface area contributed by atoms with Gasteiger partial charge in [0.15, 0.2) is 0 Å². The number of benzene rings is 1. The Morgan fingerprint density at radius 2 is 2.10 bits per heavy atom. The molecule has 1 aromatic heterocycles. The fourth-order valence-electron chi connectivity index (χ4n) is 3.05. The topological polar surface area (TPSA) is 38.1 Å². The molecule has 21 heavy (non-hydrogen) atoms. The van der Waals surface area contributed by atoms with Gasteiger partial charge in [0.25, 0.3) is 5.56 Å². The van der Waals surface area contributed by atoms with Crippen LogP contribution in [0.3, 0.4) is 0 Å². The van der Waals surface area contributed by atoms with Crippen molar-refractivity contribution in [2.24, 2.45) is 13.0 Å². The van der Waals surface area contributed by atoms with E-state index in [0.717, 1.165) is 17.3 Å². The summed E-state index contributed by atoms with van der Waals surface area (Å²) < 4.78 is 1.69. The first-order valence-corrected chi connectivity index (χ1v) is 7.73. The lowest BCUT2D eigenvalue weighted by atomic mass is 9.80. The minimum atomic E-state index is 0.0419. The number of aromatic nitrogens is 2. The van der Waals surface area contributed by atoms with E-state index in [4.69, 9.17) is 0 Å². The van der Waals surface area contributed by atoms with Gasteiger partial charge in [-0.05, 0) is 44.9 Å². The summed E-state index contributed by atoms with van der Waals surface area (Å²) in [5, 5.41) is 0.693. The van der Waals surface area contributed by atoms with Gasteiger partial charge in [0, 0.05) is 13.1 Å². The van der Waals surface area contributed by atoms with Gasteiger partial charge in [-0.3, -0.25) is 14.3 Å². The van der Waals surface area contributed by atoms with Crippen molar-refractivity contribution in [3.05, 3.63) is 40.4 Å². The van der Waals surface area contributed by atoms with E-state index in [1.165, 1.54) is 19.3 Å². The van der Waals surface area contributed by atoms with Crippen LogP contribution in [0.1, 0.15) is 32.0 Å². The van der Waals surface area contributed by atoms with Gasteiger partial charge in [-0.2, -0.15) is 0 Å². The molecule has 3 rings (SSSR count). The fourth-order valence-corrected chi connectivity index (χ4v) is 3.05. The average Bonchev–Trinajstić information content (AvgIpc) is 2.42. The summed E-state index contributed by atoms with van der Waals surface area (Å²) in [5.74, 6) is 1.64. The highest BCUT2D eigenvalue weighted by molar-refractivity contribution is 5.77. The van der Waals surface area contributed by atoms with Crippen LogP contribution in [0.5, 0.6) is 0 Å². The molecule has 1 aliphatic rings. The average molecular weight is 285 g/mol. The first-order valence-electron chi connectivity index (χ1n) is 7.73. The smallest absolute Gasteiger partial charge is 0.261 e. The predicted octanol–water partition coefficient (Wildman–Crippen LogP) is 2.55. The van der Waals surface area contributed by atoms with E-state index in [1.54, 1.807) is 4.57 Å². The van der Waals surface area contributed by atoms with Crippen molar-refractivity contribution in [2.75, 3.05) is 7.05 Å². The van der Waals surface area contributed by atoms with E-state index in [-0.39, 0.29) is 5.56 Å². The number of fused-ring (bicyclic) bond motifs is 1. The molecule has 1 aliphatic carbocycles. The molecule has 112 valence electrons. The molecule has 0 amide bonds. The lowest BCUT2D eigenvalue weighted by Gasteiger charge is -2.37. The largest absolute Gasteiger partial charge is 0.298 e. The molecule has 1 atom stereocenters. The summed E-state index contributed by atoms with van der Waals surface area (Å²) in [6, 6.07) is 8.11. The Kier molecular flexibility index (Phi) is 3.81. The van der Waals surface area contributed by atoms with Gasteiger partial charge in [-0.25, -0.2) is 4.98 Å². The lowest BCUT2D eigenvalue weighted by Crippen LogP contribution is -2.39. The summed E-state index contributed by atoms with van der Waals surface area (Å²) in [6.07, 6.45) is 4.01. The summed E-state index contributed by atoms with van der Waals surface area (Å²) in [7, 11) is 3.95. The minimum Gasteiger partial charge on any atom is -0.298 e. The van der Waals surface area contributed by atoms with Gasteiger partial charge in [-0.15, -0.1) is 0 Å². The van der Waals surface area contributed by atoms with Gasteiger partial charge in [0.2, 0.25) is 0 Å². The highest BCUT2D eigenvalue weighted by atomic mass is 16.1. The Hall–Kier alpha value is -1.68. The van der Waals surface area contributed by atoms with E-state index < -0.39 is 0 Å². The second-order valence-electron chi connectivity index (χ2n) is 6.26. The third-order valence-electron chi connectivity index (χ3n) is 4.99. The van der Waals surface area contributed by atoms with Crippen LogP contribution < -0.4 is 5.56 Å². The molecule has 0 N–H and O–H groups in total. The number of rotatable bonds is 4. The molecule has 2 aromatic rings. The molecule has 1 aromatic carbocycles. The van der Waals surface area contributed by atoms with Crippen molar-refractivity contribution in [2.45, 2.75) is 38.8 Å². The quantitative estimate of drug-likeness (QED) is 0.866. The van der Waals surface area contributed by atoms with Gasteiger partial charge in [0.1, 0.15) is 5.82 Å². The van der Waals surface area contributed by atoms with Crippen LogP contribution in [0, 0.1) is 5.92 Å². The Bertz CT molecular complexity index is 703. The Morgan fingerprint density at radius 1 is 1.38 bits per heavy atom. The maximum atomic E-state index is 12.4. The molecule has 0 aliphatic heterocycles. The molecule has 0 radical (unpaired) electrons. The normalized spacial score (nSPS) is 17.1. The van der Waals surface area contributed by atoms with Crippen molar-refractivity contribution in [3.63, 3.8) is 0 Å². The minimum absolute atomic E-state index is 0.0419. The van der Waals surface area contributed by atoms with Crippen LogP contribution in [0.15, 0.2) is 29.1 Å². The predicted molar refractivity (Wildman–Crippen MR) is 85.3 cm³/mol. The second kappa shape index (κ2) is 5.60. The molecular formula is C17H23N3O. The van der Waals surface area contributed by atoms with Crippen molar-refractivity contribution < 1.29 is 0 Å². The third-order valence-corrected chi connectivity index (χ3v) is 4.99. The maximum absolute atomic E-state index is 12.4.